The van der Waals surface area contributed by atoms with Gasteiger partial charge in [-0.15, -0.1) is 0 Å². The minimum Gasteiger partial charge on any atom is -0.496 e. The largest absolute Gasteiger partial charge is 0.496 e. The predicted molar refractivity (Wildman–Crippen MR) is 136 cm³/mol. The number of amides is 3. The van der Waals surface area contributed by atoms with Crippen LogP contribution in [-0.4, -0.2) is 35.5 Å². The van der Waals surface area contributed by atoms with Crippen molar-refractivity contribution in [2.45, 2.75) is 31.7 Å². The Hall–Kier alpha value is -4.06. The summed E-state index contributed by atoms with van der Waals surface area (Å²) in [5.74, 6) is 0.390. The van der Waals surface area contributed by atoms with Crippen molar-refractivity contribution in [3.63, 3.8) is 0 Å². The number of hydrogen-bond donors (Lipinski definition) is 1. The fraction of sp³-hybridized carbons (Fsp3) is 0.241. The average Bonchev–Trinajstić information content (AvgIpc) is 3.38. The molecule has 1 fully saturated rings. The number of carbonyl (C=O) groups is 2. The number of aromatic amines is 1. The Labute approximate surface area is 204 Å². The van der Waals surface area contributed by atoms with Crippen LogP contribution in [0.3, 0.4) is 0 Å². The first-order chi connectivity index (χ1) is 17.0. The van der Waals surface area contributed by atoms with Crippen LogP contribution in [0.1, 0.15) is 42.1 Å². The van der Waals surface area contributed by atoms with Gasteiger partial charge in [-0.2, -0.15) is 0 Å². The second-order valence-electron chi connectivity index (χ2n) is 9.34. The van der Waals surface area contributed by atoms with E-state index in [0.29, 0.717) is 12.2 Å². The topological polar surface area (TPSA) is 65.6 Å². The highest BCUT2D eigenvalue weighted by Gasteiger charge is 2.61. The molecule has 0 saturated carbocycles. The summed E-state index contributed by atoms with van der Waals surface area (Å²) in [6, 6.07) is 23.4. The van der Waals surface area contributed by atoms with Crippen LogP contribution in [0.25, 0.3) is 10.9 Å². The number of H-pyrrole nitrogens is 1. The van der Waals surface area contributed by atoms with Crippen LogP contribution in [0.5, 0.6) is 5.75 Å². The number of aromatic nitrogens is 1. The molecule has 3 amide bonds. The molecule has 6 rings (SSSR count). The van der Waals surface area contributed by atoms with Gasteiger partial charge in [0.25, 0.3) is 5.91 Å². The number of hydrogen-bond acceptors (Lipinski definition) is 3. The SMILES string of the molecule is CCc1ccccc1N1C(=O)N2C[C@H](c3ccccc3OC)c3c([nH]c4ccccc34)[C@@]2(C)C1=O. The number of benzene rings is 3. The zero-order valence-electron chi connectivity index (χ0n) is 20.0. The third-order valence-corrected chi connectivity index (χ3v) is 7.66. The molecule has 6 heteroatoms. The number of methoxy groups -OCH3 is 1. The number of nitrogens with zero attached hydrogens (tertiary/aromatic N) is 2. The average molecular weight is 466 g/mol. The molecule has 35 heavy (non-hydrogen) atoms. The highest BCUT2D eigenvalue weighted by Crippen LogP contribution is 2.51. The summed E-state index contributed by atoms with van der Waals surface area (Å²) in [7, 11) is 1.66. The van der Waals surface area contributed by atoms with Gasteiger partial charge in [-0.3, -0.25) is 4.79 Å². The molecule has 2 atom stereocenters. The van der Waals surface area contributed by atoms with E-state index >= 15 is 0 Å². The van der Waals surface area contributed by atoms with E-state index < -0.39 is 5.54 Å². The van der Waals surface area contributed by atoms with Gasteiger partial charge >= 0.3 is 6.03 Å². The van der Waals surface area contributed by atoms with Gasteiger partial charge in [0.2, 0.25) is 0 Å². The van der Waals surface area contributed by atoms with Crippen molar-refractivity contribution in [1.82, 2.24) is 9.88 Å². The maximum Gasteiger partial charge on any atom is 0.332 e. The van der Waals surface area contributed by atoms with Crippen LogP contribution in [-0.2, 0) is 16.8 Å². The van der Waals surface area contributed by atoms with Crippen LogP contribution in [0.4, 0.5) is 10.5 Å². The standard InChI is InChI=1S/C29H27N3O3/c1-4-18-11-5-9-15-23(18)32-27(33)29(2)26-25(20-13-6-8-14-22(20)30-26)21(17-31(29)28(32)34)19-12-7-10-16-24(19)35-3/h5-16,21,30H,4,17H2,1-3H3/t21-,29+/m1/s1. The van der Waals surface area contributed by atoms with Gasteiger partial charge in [0.1, 0.15) is 5.75 Å². The van der Waals surface area contributed by atoms with E-state index in [-0.39, 0.29) is 17.9 Å². The number of anilines is 1. The van der Waals surface area contributed by atoms with E-state index in [1.54, 1.807) is 12.0 Å². The number of fused-ring (bicyclic) bond motifs is 5. The van der Waals surface area contributed by atoms with Crippen LogP contribution >= 0.6 is 0 Å². The first kappa shape index (κ1) is 21.5. The molecule has 2 aliphatic rings. The third-order valence-electron chi connectivity index (χ3n) is 7.66. The molecule has 176 valence electrons. The minimum absolute atomic E-state index is 0.150. The highest BCUT2D eigenvalue weighted by atomic mass is 16.5. The van der Waals surface area contributed by atoms with E-state index in [1.165, 1.54) is 4.90 Å². The molecule has 1 N–H and O–H groups in total. The van der Waals surface area contributed by atoms with E-state index in [2.05, 4.69) is 11.1 Å². The molecule has 2 aliphatic heterocycles. The molecule has 0 radical (unpaired) electrons. The molecule has 0 bridgehead atoms. The molecule has 1 saturated heterocycles. The van der Waals surface area contributed by atoms with Gasteiger partial charge < -0.3 is 14.6 Å². The smallest absolute Gasteiger partial charge is 0.332 e. The Morgan fingerprint density at radius 1 is 1.00 bits per heavy atom. The molecule has 3 heterocycles. The number of ether oxygens (including phenoxy) is 1. The maximum atomic E-state index is 14.2. The fourth-order valence-electron chi connectivity index (χ4n) is 5.87. The Morgan fingerprint density at radius 2 is 1.71 bits per heavy atom. The quantitative estimate of drug-likeness (QED) is 0.401. The zero-order valence-corrected chi connectivity index (χ0v) is 20.0. The summed E-state index contributed by atoms with van der Waals surface area (Å²) in [6.07, 6.45) is 0.728. The van der Waals surface area contributed by atoms with E-state index in [9.17, 15) is 9.59 Å². The van der Waals surface area contributed by atoms with Crippen LogP contribution in [0.2, 0.25) is 0 Å². The molecule has 3 aromatic carbocycles. The summed E-state index contributed by atoms with van der Waals surface area (Å²) in [5.41, 5.74) is 4.27. The number of para-hydroxylation sites is 3. The van der Waals surface area contributed by atoms with Gasteiger partial charge in [-0.1, -0.05) is 61.5 Å². The van der Waals surface area contributed by atoms with Gasteiger partial charge in [0.15, 0.2) is 5.54 Å². The van der Waals surface area contributed by atoms with Gasteiger partial charge in [-0.25, -0.2) is 9.69 Å². The number of imide groups is 1. The summed E-state index contributed by atoms with van der Waals surface area (Å²) >= 11 is 0. The Kier molecular flexibility index (Phi) is 4.74. The van der Waals surface area contributed by atoms with E-state index in [4.69, 9.17) is 4.74 Å². The van der Waals surface area contributed by atoms with Gasteiger partial charge in [0, 0.05) is 28.9 Å². The summed E-state index contributed by atoms with van der Waals surface area (Å²) < 4.78 is 5.72. The van der Waals surface area contributed by atoms with E-state index in [1.807, 2.05) is 80.6 Å². The number of nitrogens with one attached hydrogen (secondary N) is 1. The van der Waals surface area contributed by atoms with Crippen molar-refractivity contribution in [3.05, 3.63) is 95.2 Å². The lowest BCUT2D eigenvalue weighted by atomic mass is 9.78. The number of urea groups is 1. The lowest BCUT2D eigenvalue weighted by Gasteiger charge is -2.40. The maximum absolute atomic E-state index is 14.2. The zero-order chi connectivity index (χ0) is 24.3. The predicted octanol–water partition coefficient (Wildman–Crippen LogP) is 5.57. The monoisotopic (exact) mass is 465 g/mol. The van der Waals surface area contributed by atoms with Crippen molar-refractivity contribution in [2.75, 3.05) is 18.6 Å². The Balaban J connectivity index is 1.60. The van der Waals surface area contributed by atoms with Gasteiger partial charge in [0.05, 0.1) is 18.5 Å². The lowest BCUT2D eigenvalue weighted by molar-refractivity contribution is -0.125. The molecule has 0 unspecified atom stereocenters. The first-order valence-corrected chi connectivity index (χ1v) is 12.0. The minimum atomic E-state index is -1.13. The normalized spacial score (nSPS) is 21.4. The van der Waals surface area contributed by atoms with Crippen LogP contribution in [0, 0.1) is 0 Å². The molecule has 0 spiro atoms. The van der Waals surface area contributed by atoms with Crippen LogP contribution in [0.15, 0.2) is 72.8 Å². The van der Waals surface area contributed by atoms with Crippen molar-refractivity contribution in [3.8, 4) is 5.75 Å². The molecule has 1 aromatic heterocycles. The molecule has 4 aromatic rings. The highest BCUT2D eigenvalue weighted by molar-refractivity contribution is 6.24. The second kappa shape index (κ2) is 7.73. The second-order valence-corrected chi connectivity index (χ2v) is 9.34. The number of rotatable bonds is 4. The van der Waals surface area contributed by atoms with Crippen LogP contribution < -0.4 is 9.64 Å². The van der Waals surface area contributed by atoms with Crippen molar-refractivity contribution < 1.29 is 14.3 Å². The summed E-state index contributed by atoms with van der Waals surface area (Å²) in [4.78, 5) is 34.8. The van der Waals surface area contributed by atoms with Crippen molar-refractivity contribution >= 4 is 28.5 Å². The summed E-state index contributed by atoms with van der Waals surface area (Å²) in [6.45, 7) is 4.28. The first-order valence-electron chi connectivity index (χ1n) is 12.0. The lowest BCUT2D eigenvalue weighted by Crippen LogP contribution is -2.50. The molecular formula is C29H27N3O3. The number of carbonyl (C=O) groups excluding carboxylic acids is 2. The van der Waals surface area contributed by atoms with E-state index in [0.717, 1.165) is 45.5 Å². The molecular weight excluding hydrogens is 438 g/mol. The third kappa shape index (κ3) is 2.83. The molecule has 6 nitrogen and oxygen atoms in total. The van der Waals surface area contributed by atoms with Crippen molar-refractivity contribution in [1.29, 1.82) is 0 Å². The van der Waals surface area contributed by atoms with Crippen molar-refractivity contribution in [2.24, 2.45) is 0 Å². The Bertz CT molecular complexity index is 1490. The summed E-state index contributed by atoms with van der Waals surface area (Å²) in [5, 5.41) is 1.06. The fourth-order valence-corrected chi connectivity index (χ4v) is 5.87. The van der Waals surface area contributed by atoms with Gasteiger partial charge in [-0.05, 0) is 42.7 Å². The Morgan fingerprint density at radius 3 is 2.51 bits per heavy atom. The number of aryl methyl sites for hydroxylation is 1. The molecule has 0 aliphatic carbocycles.